The molecule has 0 bridgehead atoms. The summed E-state index contributed by atoms with van der Waals surface area (Å²) in [5.74, 6) is 0. The average Bonchev–Trinajstić information content (AvgIpc) is 1.65. The Hall–Kier alpha value is 2.48. The summed E-state index contributed by atoms with van der Waals surface area (Å²) in [5.41, 5.74) is 0. The summed E-state index contributed by atoms with van der Waals surface area (Å²) < 4.78 is 3.33. The number of rotatable bonds is 2. The second kappa shape index (κ2) is 5.28. The van der Waals surface area contributed by atoms with Crippen molar-refractivity contribution in [3.8, 4) is 0 Å². The Bertz CT molecular complexity index is 51.0. The lowest BCUT2D eigenvalue weighted by Crippen LogP contribution is -2.25. The molecule has 0 aromatic carbocycles. The predicted molar refractivity (Wildman–Crippen MR) is 55.0 cm³/mol. The number of hydrogen-bond donors (Lipinski definition) is 0. The highest BCUT2D eigenvalue weighted by Gasteiger charge is 2.01. The van der Waals surface area contributed by atoms with Crippen molar-refractivity contribution < 1.29 is 0 Å². The molecule has 0 saturated carbocycles. The molecule has 0 aliphatic heterocycles. The molecule has 7 heavy (non-hydrogen) atoms. The van der Waals surface area contributed by atoms with Crippen LogP contribution in [0.1, 0.15) is 6.92 Å². The molecule has 5 heteroatoms. The zero-order chi connectivity index (χ0) is 5.86. The van der Waals surface area contributed by atoms with Gasteiger partial charge in [-0.3, -0.25) is 0 Å². The van der Waals surface area contributed by atoms with Gasteiger partial charge in [0.25, 0.3) is 16.5 Å². The van der Waals surface area contributed by atoms with Crippen molar-refractivity contribution in [2.45, 2.75) is 11.0 Å². The molecular formula is C2H7Al2I2N. The second-order valence-electron chi connectivity index (χ2n) is 1.45. The Morgan fingerprint density at radius 2 is 2.29 bits per heavy atom. The molecule has 40 valence electrons. The van der Waals surface area contributed by atoms with Gasteiger partial charge in [0, 0.05) is 4.05 Å². The quantitative estimate of drug-likeness (QED) is 0.299. The Labute approximate surface area is 84.0 Å². The van der Waals surface area contributed by atoms with Crippen molar-refractivity contribution in [2.24, 2.45) is 0 Å². The van der Waals surface area contributed by atoms with Gasteiger partial charge in [0.15, 0.2) is 0 Å². The number of hydrogen-bond acceptors (Lipinski definition) is 1. The SMILES string of the molecule is CC(I)[N]([AlH2])[AlH][I]. The molecule has 1 unspecified atom stereocenters. The van der Waals surface area contributed by atoms with E-state index in [1.807, 2.05) is 0 Å². The molecule has 0 aromatic rings. The Kier molecular flexibility index (Phi) is 7.16. The van der Waals surface area contributed by atoms with E-state index in [9.17, 15) is 0 Å². The molecule has 1 atom stereocenters. The van der Waals surface area contributed by atoms with Crippen molar-refractivity contribution in [3.05, 3.63) is 0 Å². The molecular weight excluding hydrogens is 346 g/mol. The Morgan fingerprint density at radius 1 is 1.86 bits per heavy atom. The average molecular weight is 353 g/mol. The highest BCUT2D eigenvalue weighted by Crippen LogP contribution is 2.02. The van der Waals surface area contributed by atoms with Gasteiger partial charge in [-0.25, -0.2) is 0 Å². The fourth-order valence-electron chi connectivity index (χ4n) is 0.0951. The zero-order valence-electron chi connectivity index (χ0n) is 4.49. The van der Waals surface area contributed by atoms with E-state index in [4.69, 9.17) is 0 Å². The van der Waals surface area contributed by atoms with E-state index < -0.39 is 0 Å². The van der Waals surface area contributed by atoms with E-state index in [1.54, 1.807) is 0 Å². The predicted octanol–water partition coefficient (Wildman–Crippen LogP) is 0.319. The lowest BCUT2D eigenvalue weighted by atomic mass is 10.8. The van der Waals surface area contributed by atoms with Crippen LogP contribution in [0.15, 0.2) is 0 Å². The van der Waals surface area contributed by atoms with E-state index in [1.165, 1.54) is 16.5 Å². The van der Waals surface area contributed by atoms with Crippen LogP contribution >= 0.6 is 42.9 Å². The van der Waals surface area contributed by atoms with Crippen LogP contribution < -0.4 is 0 Å². The third-order valence-electron chi connectivity index (χ3n) is 0.796. The highest BCUT2D eigenvalue weighted by molar-refractivity contribution is 14.1. The molecule has 0 aliphatic rings. The molecule has 0 N–H and O–H groups in total. The first kappa shape index (κ1) is 9.48. The molecule has 0 aliphatic carbocycles. The third kappa shape index (κ3) is 4.96. The van der Waals surface area contributed by atoms with Gasteiger partial charge in [-0.2, -0.15) is 20.3 Å². The van der Waals surface area contributed by atoms with E-state index in [-0.39, 0.29) is 12.2 Å². The van der Waals surface area contributed by atoms with Crippen LogP contribution in [0.25, 0.3) is 0 Å². The van der Waals surface area contributed by atoms with Gasteiger partial charge >= 0.3 is 12.2 Å². The monoisotopic (exact) mass is 353 g/mol. The lowest BCUT2D eigenvalue weighted by molar-refractivity contribution is 0.716. The van der Waals surface area contributed by atoms with Crippen LogP contribution in [-0.4, -0.2) is 35.6 Å². The summed E-state index contributed by atoms with van der Waals surface area (Å²) in [6.07, 6.45) is 0. The molecule has 1 nitrogen and oxygen atoms in total. The van der Waals surface area contributed by atoms with Crippen LogP contribution in [0.5, 0.6) is 0 Å². The van der Waals surface area contributed by atoms with Crippen molar-refractivity contribution in [1.29, 1.82) is 0 Å². The summed E-state index contributed by atoms with van der Waals surface area (Å²) in [5, 5.41) is 0. The van der Waals surface area contributed by atoms with E-state index >= 15 is 0 Å². The van der Waals surface area contributed by atoms with Crippen LogP contribution in [0.4, 0.5) is 0 Å². The molecule has 0 radical (unpaired) electrons. The van der Waals surface area contributed by atoms with E-state index in [2.05, 4.69) is 52.7 Å². The maximum Gasteiger partial charge on any atom is 0.418 e. The summed E-state index contributed by atoms with van der Waals surface area (Å²) in [6.45, 7) is 2.25. The van der Waals surface area contributed by atoms with Gasteiger partial charge in [-0.05, 0) is 6.92 Å². The van der Waals surface area contributed by atoms with Gasteiger partial charge in [0.1, 0.15) is 0 Å². The summed E-state index contributed by atoms with van der Waals surface area (Å²) in [4.78, 5) is 0. The van der Waals surface area contributed by atoms with Gasteiger partial charge in [-0.15, -0.1) is 0 Å². The van der Waals surface area contributed by atoms with E-state index in [0.29, 0.717) is 0 Å². The topological polar surface area (TPSA) is 3.24 Å². The van der Waals surface area contributed by atoms with Crippen molar-refractivity contribution in [2.75, 3.05) is 0 Å². The first-order valence-corrected chi connectivity index (χ1v) is 9.97. The van der Waals surface area contributed by atoms with Crippen molar-refractivity contribution in [3.63, 3.8) is 0 Å². The summed E-state index contributed by atoms with van der Waals surface area (Å²) in [7, 11) is 0. The lowest BCUT2D eigenvalue weighted by Gasteiger charge is -2.16. The fourth-order valence-corrected chi connectivity index (χ4v) is 4.91. The first-order chi connectivity index (χ1) is 3.18. The standard InChI is InChI=1S/C2H4IN.2Al.HI.3H/c1-2(3)4;;;;;;/h2H,1H3;;;1H;;;/q;;+1;;;;/p-1. The van der Waals surface area contributed by atoms with Gasteiger partial charge < -0.3 is 2.87 Å². The zero-order valence-corrected chi connectivity index (χ0v) is 12.2. The minimum atomic E-state index is 0.148. The van der Waals surface area contributed by atoms with Gasteiger partial charge in [-0.1, -0.05) is 22.6 Å². The van der Waals surface area contributed by atoms with Crippen molar-refractivity contribution >= 4 is 71.5 Å². The van der Waals surface area contributed by atoms with Crippen LogP contribution in [-0.2, 0) is 0 Å². The Morgan fingerprint density at radius 3 is 2.29 bits per heavy atom. The molecule has 0 fully saturated rings. The third-order valence-corrected chi connectivity index (χ3v) is 13.3. The number of nitrogens with zero attached hydrogens (tertiary/aromatic N) is 1. The summed E-state index contributed by atoms with van der Waals surface area (Å²) >= 11 is 6.39. The smallest absolute Gasteiger partial charge is 0.418 e. The molecule has 0 aromatic heterocycles. The van der Waals surface area contributed by atoms with E-state index in [0.717, 1.165) is 4.05 Å². The number of alkyl halides is 1. The first-order valence-electron chi connectivity index (χ1n) is 2.08. The van der Waals surface area contributed by atoms with Gasteiger partial charge in [0.2, 0.25) is 0 Å². The molecule has 0 rings (SSSR count). The molecule has 0 spiro atoms. The minimum absolute atomic E-state index is 0.148. The number of halogens is 2. The molecule has 0 amide bonds. The normalized spacial score (nSPS) is 14.3. The maximum absolute atomic E-state index is 2.54. The largest absolute Gasteiger partial charge is 0.460 e. The molecule has 0 heterocycles. The highest BCUT2D eigenvalue weighted by atomic mass is 127. The second-order valence-corrected chi connectivity index (χ2v) is 8.95. The van der Waals surface area contributed by atoms with Gasteiger partial charge in [0.05, 0.1) is 0 Å². The van der Waals surface area contributed by atoms with Crippen LogP contribution in [0.3, 0.4) is 0 Å². The van der Waals surface area contributed by atoms with Crippen LogP contribution in [0, 0.1) is 0 Å². The van der Waals surface area contributed by atoms with Crippen molar-refractivity contribution in [1.82, 2.24) is 2.87 Å². The summed E-state index contributed by atoms with van der Waals surface area (Å²) in [6, 6.07) is 0. The Balaban J connectivity index is 3.14. The fraction of sp³-hybridized carbons (Fsp3) is 1.00. The minimum Gasteiger partial charge on any atom is -0.460 e. The maximum atomic E-state index is 2.54. The van der Waals surface area contributed by atoms with Crippen LogP contribution in [0.2, 0.25) is 0 Å². The molecule has 0 saturated heterocycles.